The van der Waals surface area contributed by atoms with Gasteiger partial charge in [-0.15, -0.1) is 0 Å². The molecule has 0 aliphatic carbocycles. The molecule has 1 atom stereocenters. The molecule has 0 bridgehead atoms. The minimum atomic E-state index is -0.509. The zero-order chi connectivity index (χ0) is 18.1. The lowest BCUT2D eigenvalue weighted by molar-refractivity contribution is -0.121. The maximum atomic E-state index is 13.2. The number of nitrogens with zero attached hydrogens (tertiary/aromatic N) is 2. The van der Waals surface area contributed by atoms with E-state index in [1.165, 1.54) is 0 Å². The highest BCUT2D eigenvalue weighted by molar-refractivity contribution is 6.01. The highest BCUT2D eigenvalue weighted by Gasteiger charge is 2.34. The molecule has 5 heteroatoms. The van der Waals surface area contributed by atoms with E-state index in [9.17, 15) is 9.59 Å². The van der Waals surface area contributed by atoms with Gasteiger partial charge in [0.05, 0.1) is 0 Å². The van der Waals surface area contributed by atoms with Crippen molar-refractivity contribution in [3.8, 4) is 0 Å². The molecule has 132 valence electrons. The van der Waals surface area contributed by atoms with Gasteiger partial charge in [0, 0.05) is 24.0 Å². The van der Waals surface area contributed by atoms with E-state index in [1.807, 2.05) is 65.2 Å². The Morgan fingerprint density at radius 3 is 2.54 bits per heavy atom. The smallest absolute Gasteiger partial charge is 0.271 e. The predicted octanol–water partition coefficient (Wildman–Crippen LogP) is 2.78. The lowest BCUT2D eigenvalue weighted by atomic mass is 10.2. The SMILES string of the molecule is NC(=O)[C@@H]1CCCN1C(=O)c1cc2ccccc2n1Cc1ccccc1. The first kappa shape index (κ1) is 16.4. The molecule has 3 aromatic rings. The van der Waals surface area contributed by atoms with Crippen LogP contribution < -0.4 is 5.73 Å². The van der Waals surface area contributed by atoms with Crippen LogP contribution >= 0.6 is 0 Å². The molecule has 1 aliphatic heterocycles. The van der Waals surface area contributed by atoms with E-state index in [-0.39, 0.29) is 5.91 Å². The number of carbonyl (C=O) groups excluding carboxylic acids is 2. The molecule has 2 heterocycles. The van der Waals surface area contributed by atoms with E-state index in [2.05, 4.69) is 0 Å². The standard InChI is InChI=1S/C21H21N3O2/c22-20(25)18-11-6-12-23(18)21(26)19-13-16-9-4-5-10-17(16)24(19)14-15-7-2-1-3-8-15/h1-5,7-10,13,18H,6,11-12,14H2,(H2,22,25)/t18-/m0/s1. The van der Waals surface area contributed by atoms with Crippen molar-refractivity contribution in [2.24, 2.45) is 5.73 Å². The third-order valence-electron chi connectivity index (χ3n) is 5.06. The molecular weight excluding hydrogens is 326 g/mol. The van der Waals surface area contributed by atoms with Gasteiger partial charge in [-0.3, -0.25) is 9.59 Å². The van der Waals surface area contributed by atoms with Crippen molar-refractivity contribution in [1.29, 1.82) is 0 Å². The third kappa shape index (κ3) is 2.86. The third-order valence-corrected chi connectivity index (χ3v) is 5.06. The summed E-state index contributed by atoms with van der Waals surface area (Å²) in [5.41, 5.74) is 8.23. The van der Waals surface area contributed by atoms with Gasteiger partial charge in [-0.25, -0.2) is 0 Å². The highest BCUT2D eigenvalue weighted by Crippen LogP contribution is 2.26. The van der Waals surface area contributed by atoms with Crippen molar-refractivity contribution in [3.05, 3.63) is 71.9 Å². The maximum Gasteiger partial charge on any atom is 0.271 e. The fourth-order valence-corrected chi connectivity index (χ4v) is 3.78. The summed E-state index contributed by atoms with van der Waals surface area (Å²) in [6.07, 6.45) is 1.44. The van der Waals surface area contributed by atoms with Gasteiger partial charge in [0.1, 0.15) is 11.7 Å². The van der Waals surface area contributed by atoms with Gasteiger partial charge < -0.3 is 15.2 Å². The zero-order valence-corrected chi connectivity index (χ0v) is 14.5. The number of primary amides is 1. The number of rotatable bonds is 4. The number of hydrogen-bond acceptors (Lipinski definition) is 2. The van der Waals surface area contributed by atoms with Crippen LogP contribution in [0.4, 0.5) is 0 Å². The van der Waals surface area contributed by atoms with Crippen LogP contribution in [0.5, 0.6) is 0 Å². The molecule has 4 rings (SSSR count). The molecule has 0 unspecified atom stereocenters. The van der Waals surface area contributed by atoms with Gasteiger partial charge in [0.25, 0.3) is 5.91 Å². The fraction of sp³-hybridized carbons (Fsp3) is 0.238. The van der Waals surface area contributed by atoms with Crippen LogP contribution in [0.25, 0.3) is 10.9 Å². The summed E-state index contributed by atoms with van der Waals surface area (Å²) < 4.78 is 2.03. The molecule has 1 aromatic heterocycles. The monoisotopic (exact) mass is 347 g/mol. The number of aromatic nitrogens is 1. The Balaban J connectivity index is 1.78. The number of likely N-dealkylation sites (tertiary alicyclic amines) is 1. The van der Waals surface area contributed by atoms with E-state index >= 15 is 0 Å². The first-order valence-corrected chi connectivity index (χ1v) is 8.87. The molecule has 0 radical (unpaired) electrons. The Hall–Kier alpha value is -3.08. The molecule has 2 amide bonds. The maximum absolute atomic E-state index is 13.2. The summed E-state index contributed by atoms with van der Waals surface area (Å²) in [7, 11) is 0. The average molecular weight is 347 g/mol. The van der Waals surface area contributed by atoms with Gasteiger partial charge in [-0.1, -0.05) is 48.5 Å². The first-order chi connectivity index (χ1) is 12.6. The second-order valence-electron chi connectivity index (χ2n) is 6.72. The lowest BCUT2D eigenvalue weighted by Gasteiger charge is -2.23. The largest absolute Gasteiger partial charge is 0.368 e. The predicted molar refractivity (Wildman–Crippen MR) is 101 cm³/mol. The van der Waals surface area contributed by atoms with Crippen LogP contribution in [0.1, 0.15) is 28.9 Å². The van der Waals surface area contributed by atoms with E-state index in [0.29, 0.717) is 25.2 Å². The number of fused-ring (bicyclic) bond motifs is 1. The molecule has 5 nitrogen and oxygen atoms in total. The summed E-state index contributed by atoms with van der Waals surface area (Å²) in [6.45, 7) is 1.17. The molecule has 1 aliphatic rings. The van der Waals surface area contributed by atoms with E-state index < -0.39 is 11.9 Å². The minimum absolute atomic E-state index is 0.126. The number of amides is 2. The van der Waals surface area contributed by atoms with Gasteiger partial charge in [-0.05, 0) is 30.5 Å². The summed E-state index contributed by atoms with van der Waals surface area (Å²) in [4.78, 5) is 26.6. The summed E-state index contributed by atoms with van der Waals surface area (Å²) >= 11 is 0. The van der Waals surface area contributed by atoms with Gasteiger partial charge >= 0.3 is 0 Å². The highest BCUT2D eigenvalue weighted by atomic mass is 16.2. The number of hydrogen-bond donors (Lipinski definition) is 1. The summed E-state index contributed by atoms with van der Waals surface area (Å²) in [5, 5.41) is 1.02. The minimum Gasteiger partial charge on any atom is -0.368 e. The Labute approximate surface area is 152 Å². The summed E-state index contributed by atoms with van der Waals surface area (Å²) in [6, 6.07) is 19.4. The zero-order valence-electron chi connectivity index (χ0n) is 14.5. The van der Waals surface area contributed by atoms with Gasteiger partial charge in [0.15, 0.2) is 0 Å². The second kappa shape index (κ2) is 6.67. The van der Waals surface area contributed by atoms with E-state index in [0.717, 1.165) is 22.9 Å². The van der Waals surface area contributed by atoms with Crippen molar-refractivity contribution in [2.75, 3.05) is 6.54 Å². The number of benzene rings is 2. The van der Waals surface area contributed by atoms with Crippen LogP contribution in [0, 0.1) is 0 Å². The number of nitrogens with two attached hydrogens (primary N) is 1. The van der Waals surface area contributed by atoms with Crippen LogP contribution in [-0.4, -0.2) is 33.9 Å². The van der Waals surface area contributed by atoms with Crippen molar-refractivity contribution in [3.63, 3.8) is 0 Å². The number of para-hydroxylation sites is 1. The second-order valence-corrected chi connectivity index (χ2v) is 6.72. The first-order valence-electron chi connectivity index (χ1n) is 8.87. The number of carbonyl (C=O) groups is 2. The molecular formula is C21H21N3O2. The van der Waals surface area contributed by atoms with Gasteiger partial charge in [0.2, 0.25) is 5.91 Å². The molecule has 2 aromatic carbocycles. The summed E-state index contributed by atoms with van der Waals surface area (Å²) in [5.74, 6) is -0.556. The normalized spacial score (nSPS) is 16.9. The Kier molecular flexibility index (Phi) is 4.21. The molecule has 26 heavy (non-hydrogen) atoms. The van der Waals surface area contributed by atoms with Crippen LogP contribution in [0.2, 0.25) is 0 Å². The molecule has 1 fully saturated rings. The van der Waals surface area contributed by atoms with Crippen LogP contribution in [-0.2, 0) is 11.3 Å². The Morgan fingerprint density at radius 2 is 1.77 bits per heavy atom. The van der Waals surface area contributed by atoms with Crippen LogP contribution in [0.15, 0.2) is 60.7 Å². The van der Waals surface area contributed by atoms with E-state index in [1.54, 1.807) is 4.90 Å². The van der Waals surface area contributed by atoms with Crippen molar-refractivity contribution in [1.82, 2.24) is 9.47 Å². The molecule has 1 saturated heterocycles. The Bertz CT molecular complexity index is 962. The molecule has 0 saturated carbocycles. The Morgan fingerprint density at radius 1 is 1.04 bits per heavy atom. The van der Waals surface area contributed by atoms with Crippen molar-refractivity contribution in [2.45, 2.75) is 25.4 Å². The van der Waals surface area contributed by atoms with Crippen LogP contribution in [0.3, 0.4) is 0 Å². The molecule has 0 spiro atoms. The fourth-order valence-electron chi connectivity index (χ4n) is 3.78. The van der Waals surface area contributed by atoms with Crippen molar-refractivity contribution < 1.29 is 9.59 Å². The quantitative estimate of drug-likeness (QED) is 0.788. The lowest BCUT2D eigenvalue weighted by Crippen LogP contribution is -2.44. The average Bonchev–Trinajstić information content (AvgIpc) is 3.28. The molecule has 2 N–H and O–H groups in total. The van der Waals surface area contributed by atoms with E-state index in [4.69, 9.17) is 5.73 Å². The van der Waals surface area contributed by atoms with Crippen molar-refractivity contribution >= 4 is 22.7 Å². The van der Waals surface area contributed by atoms with Gasteiger partial charge in [-0.2, -0.15) is 0 Å². The topological polar surface area (TPSA) is 68.3 Å².